The third-order valence-corrected chi connectivity index (χ3v) is 9.57. The molecule has 0 spiro atoms. The smallest absolute Gasteiger partial charge is 0.387 e. The van der Waals surface area contributed by atoms with E-state index in [1.807, 2.05) is 11.6 Å². The number of nitrogens with one attached hydrogen (secondary N) is 1. The Kier molecular flexibility index (Phi) is 9.84. The van der Waals surface area contributed by atoms with Gasteiger partial charge in [-0.1, -0.05) is 13.3 Å². The normalized spacial score (nSPS) is 19.7. The minimum atomic E-state index is -3.09. The monoisotopic (exact) mass is 652 g/mol. The van der Waals surface area contributed by atoms with Crippen LogP contribution >= 0.6 is 0 Å². The third kappa shape index (κ3) is 6.87. The maximum absolute atomic E-state index is 13.5. The Balaban J connectivity index is 1.27. The van der Waals surface area contributed by atoms with Crippen LogP contribution in [0.3, 0.4) is 0 Å². The summed E-state index contributed by atoms with van der Waals surface area (Å²) in [6.45, 7) is 3.10. The zero-order valence-corrected chi connectivity index (χ0v) is 26.5. The van der Waals surface area contributed by atoms with Crippen LogP contribution in [0.1, 0.15) is 62.1 Å². The van der Waals surface area contributed by atoms with Gasteiger partial charge in [-0.3, -0.25) is 14.6 Å². The van der Waals surface area contributed by atoms with Crippen LogP contribution in [0.15, 0.2) is 36.8 Å². The highest BCUT2D eigenvalue weighted by molar-refractivity contribution is 5.75. The maximum atomic E-state index is 13.5. The average molecular weight is 653 g/mol. The molecule has 47 heavy (non-hydrogen) atoms. The number of halogens is 3. The van der Waals surface area contributed by atoms with Crippen LogP contribution in [-0.2, 0) is 13.0 Å². The van der Waals surface area contributed by atoms with Gasteiger partial charge in [-0.05, 0) is 62.3 Å². The number of alkyl halides is 2. The van der Waals surface area contributed by atoms with E-state index in [9.17, 15) is 23.5 Å². The SMILES string of the molecule is CCC(CC1CCCC1NC#N)N1CCc2c(C)c(-c3cc(OC(CO)c4ccc(F)cn4)c4c(OC(F)F)cnn4c3)nn2CC1. The highest BCUT2D eigenvalue weighted by Crippen LogP contribution is 2.38. The number of nitriles is 1. The third-order valence-electron chi connectivity index (χ3n) is 9.57. The van der Waals surface area contributed by atoms with Gasteiger partial charge in [0.05, 0.1) is 36.9 Å². The first-order valence-corrected chi connectivity index (χ1v) is 16.1. The Bertz CT molecular complexity index is 1720. The summed E-state index contributed by atoms with van der Waals surface area (Å²) in [5.41, 5.74) is 3.87. The highest BCUT2D eigenvalue weighted by Gasteiger charge is 2.32. The molecule has 2 N–H and O–H groups in total. The van der Waals surface area contributed by atoms with Crippen LogP contribution in [0.5, 0.6) is 11.5 Å². The number of hydrogen-bond donors (Lipinski definition) is 2. The van der Waals surface area contributed by atoms with Crippen LogP contribution < -0.4 is 14.8 Å². The molecule has 4 aromatic rings. The molecule has 4 aromatic heterocycles. The van der Waals surface area contributed by atoms with Crippen molar-refractivity contribution in [3.8, 4) is 28.9 Å². The second kappa shape index (κ2) is 14.2. The standard InChI is InChI=1S/C33H39F3N8O3/c1-3-24(13-21-5-4-6-25(21)39-19-37)42-10-9-27-20(2)31(41-43(27)12-11-42)22-14-28(32-29(47-33(35)36)16-40-44(32)17-22)46-30(18-45)26-8-7-23(34)15-38-26/h7-8,14-17,21,24-25,30,33,39,45H,3-6,9-13,18H2,1-2H3. The van der Waals surface area contributed by atoms with Gasteiger partial charge in [0, 0.05) is 49.0 Å². The Labute approximate surface area is 270 Å². The van der Waals surface area contributed by atoms with E-state index in [1.165, 1.54) is 22.8 Å². The van der Waals surface area contributed by atoms with Crippen molar-refractivity contribution < 1.29 is 27.8 Å². The highest BCUT2D eigenvalue weighted by atomic mass is 19.3. The summed E-state index contributed by atoms with van der Waals surface area (Å²) in [4.78, 5) is 6.58. The summed E-state index contributed by atoms with van der Waals surface area (Å²) < 4.78 is 54.4. The lowest BCUT2D eigenvalue weighted by Crippen LogP contribution is -2.40. The molecule has 14 heteroatoms. The molecule has 1 aliphatic heterocycles. The molecule has 5 heterocycles. The first kappa shape index (κ1) is 32.6. The number of rotatable bonds is 12. The van der Waals surface area contributed by atoms with Gasteiger partial charge >= 0.3 is 6.61 Å². The molecular formula is C33H39F3N8O3. The molecule has 0 radical (unpaired) electrons. The molecule has 250 valence electrons. The Morgan fingerprint density at radius 1 is 1.15 bits per heavy atom. The van der Waals surface area contributed by atoms with Gasteiger partial charge in [0.15, 0.2) is 29.3 Å². The van der Waals surface area contributed by atoms with Crippen molar-refractivity contribution in [2.75, 3.05) is 19.7 Å². The van der Waals surface area contributed by atoms with Gasteiger partial charge in [-0.25, -0.2) is 8.91 Å². The second-order valence-corrected chi connectivity index (χ2v) is 12.2. The van der Waals surface area contributed by atoms with E-state index in [1.54, 1.807) is 12.3 Å². The van der Waals surface area contributed by atoms with E-state index < -0.39 is 25.1 Å². The fraction of sp³-hybridized carbons (Fsp3) is 0.515. The molecule has 11 nitrogen and oxygen atoms in total. The van der Waals surface area contributed by atoms with Gasteiger partial charge in [-0.15, -0.1) is 0 Å². The largest absolute Gasteiger partial charge is 0.479 e. The van der Waals surface area contributed by atoms with Crippen molar-refractivity contribution in [2.24, 2.45) is 5.92 Å². The maximum Gasteiger partial charge on any atom is 0.387 e. The summed E-state index contributed by atoms with van der Waals surface area (Å²) >= 11 is 0. The molecule has 2 aliphatic rings. The number of fused-ring (bicyclic) bond motifs is 2. The van der Waals surface area contributed by atoms with Crippen LogP contribution in [0.25, 0.3) is 16.8 Å². The quantitative estimate of drug-likeness (QED) is 0.160. The van der Waals surface area contributed by atoms with Crippen molar-refractivity contribution in [1.29, 1.82) is 5.26 Å². The lowest BCUT2D eigenvalue weighted by atomic mass is 9.92. The average Bonchev–Trinajstić information content (AvgIpc) is 3.72. The molecule has 6 rings (SSSR count). The van der Waals surface area contributed by atoms with E-state index in [0.29, 0.717) is 29.8 Å². The molecule has 4 unspecified atom stereocenters. The van der Waals surface area contributed by atoms with Crippen molar-refractivity contribution in [3.05, 3.63) is 59.6 Å². The number of nitrogens with zero attached hydrogens (tertiary/aromatic N) is 7. The van der Waals surface area contributed by atoms with Crippen molar-refractivity contribution in [3.63, 3.8) is 0 Å². The minimum absolute atomic E-state index is 0.122. The van der Waals surface area contributed by atoms with Crippen LogP contribution in [0, 0.1) is 30.1 Å². The molecule has 1 fully saturated rings. The number of hydrogen-bond acceptors (Lipinski definition) is 9. The number of ether oxygens (including phenoxy) is 2. The van der Waals surface area contributed by atoms with Crippen LogP contribution in [-0.4, -0.2) is 72.8 Å². The van der Waals surface area contributed by atoms with E-state index in [-0.39, 0.29) is 28.8 Å². The predicted octanol–water partition coefficient (Wildman–Crippen LogP) is 5.02. The van der Waals surface area contributed by atoms with Gasteiger partial charge in [-0.2, -0.15) is 24.2 Å². The van der Waals surface area contributed by atoms with Gasteiger partial charge < -0.3 is 19.9 Å². The lowest BCUT2D eigenvalue weighted by Gasteiger charge is -2.33. The summed E-state index contributed by atoms with van der Waals surface area (Å²) in [5.74, 6) is -0.119. The second-order valence-electron chi connectivity index (χ2n) is 12.2. The molecule has 0 aromatic carbocycles. The van der Waals surface area contributed by atoms with E-state index in [2.05, 4.69) is 33.4 Å². The zero-order chi connectivity index (χ0) is 33.1. The summed E-state index contributed by atoms with van der Waals surface area (Å²) in [6, 6.07) is 4.95. The Morgan fingerprint density at radius 3 is 2.72 bits per heavy atom. The first-order chi connectivity index (χ1) is 22.8. The summed E-state index contributed by atoms with van der Waals surface area (Å²) in [5, 5.41) is 31.6. The zero-order valence-electron chi connectivity index (χ0n) is 26.5. The van der Waals surface area contributed by atoms with Gasteiger partial charge in [0.25, 0.3) is 0 Å². The topological polar surface area (TPSA) is 126 Å². The fourth-order valence-corrected chi connectivity index (χ4v) is 7.21. The summed E-state index contributed by atoms with van der Waals surface area (Å²) in [6.07, 6.45) is 11.3. The number of aromatic nitrogens is 5. The lowest BCUT2D eigenvalue weighted by molar-refractivity contribution is -0.0489. The molecule has 0 saturated heterocycles. The van der Waals surface area contributed by atoms with Gasteiger partial charge in [0.2, 0.25) is 0 Å². The van der Waals surface area contributed by atoms with E-state index in [0.717, 1.165) is 69.1 Å². The van der Waals surface area contributed by atoms with Crippen molar-refractivity contribution in [1.82, 2.24) is 34.6 Å². The van der Waals surface area contributed by atoms with Crippen molar-refractivity contribution >= 4 is 5.52 Å². The molecule has 1 saturated carbocycles. The molecule has 0 amide bonds. The number of pyridine rings is 2. The molecular weight excluding hydrogens is 613 g/mol. The Hall–Kier alpha value is -4.35. The first-order valence-electron chi connectivity index (χ1n) is 16.1. The fourth-order valence-electron chi connectivity index (χ4n) is 7.21. The van der Waals surface area contributed by atoms with E-state index in [4.69, 9.17) is 14.6 Å². The van der Waals surface area contributed by atoms with E-state index >= 15 is 0 Å². The molecule has 0 bridgehead atoms. The van der Waals surface area contributed by atoms with Crippen molar-refractivity contribution in [2.45, 2.75) is 83.7 Å². The van der Waals surface area contributed by atoms with Crippen LogP contribution in [0.2, 0.25) is 0 Å². The molecule has 4 atom stereocenters. The minimum Gasteiger partial charge on any atom is -0.479 e. The number of aliphatic hydroxyl groups is 1. The van der Waals surface area contributed by atoms with Gasteiger partial charge in [0.1, 0.15) is 5.82 Å². The van der Waals surface area contributed by atoms with Crippen LogP contribution in [0.4, 0.5) is 13.2 Å². The molecule has 1 aliphatic carbocycles. The predicted molar refractivity (Wildman–Crippen MR) is 166 cm³/mol. The Morgan fingerprint density at radius 2 is 2.00 bits per heavy atom. The number of aliphatic hydroxyl groups excluding tert-OH is 1. The summed E-state index contributed by atoms with van der Waals surface area (Å²) in [7, 11) is 0.